The Morgan fingerprint density at radius 2 is 1.97 bits per heavy atom. The van der Waals surface area contributed by atoms with Gasteiger partial charge in [-0.25, -0.2) is 0 Å². The minimum Gasteiger partial charge on any atom is -0.504 e. The monoisotopic (exact) mass is 429 g/mol. The zero-order valence-electron chi connectivity index (χ0n) is 16.9. The number of fused-ring (bicyclic) bond motifs is 5. The van der Waals surface area contributed by atoms with Gasteiger partial charge in [0, 0.05) is 16.5 Å². The summed E-state index contributed by atoms with van der Waals surface area (Å²) < 4.78 is 1.61. The van der Waals surface area contributed by atoms with E-state index in [2.05, 4.69) is 4.98 Å². The van der Waals surface area contributed by atoms with Gasteiger partial charge in [0.1, 0.15) is 16.5 Å². The van der Waals surface area contributed by atoms with Crippen LogP contribution in [0.5, 0.6) is 5.75 Å². The van der Waals surface area contributed by atoms with Gasteiger partial charge in [0.2, 0.25) is 0 Å². The van der Waals surface area contributed by atoms with Crippen LogP contribution in [0.4, 0.5) is 0 Å². The number of carbonyl (C=O) groups excluding carboxylic acids is 1. The summed E-state index contributed by atoms with van der Waals surface area (Å²) >= 11 is 1.50. The molecule has 0 atom stereocenters. The largest absolute Gasteiger partial charge is 0.504 e. The molecule has 31 heavy (non-hydrogen) atoms. The number of aromatic hydroxyl groups is 1. The maximum absolute atomic E-state index is 12.9. The van der Waals surface area contributed by atoms with Crippen LogP contribution in [0, 0.1) is 18.3 Å². The summed E-state index contributed by atoms with van der Waals surface area (Å²) in [7, 11) is 0. The topological polar surface area (TPSA) is 95.5 Å². The van der Waals surface area contributed by atoms with Gasteiger partial charge in [-0.15, -0.1) is 11.3 Å². The van der Waals surface area contributed by atoms with E-state index in [0.29, 0.717) is 15.8 Å². The Kier molecular flexibility index (Phi) is 4.60. The van der Waals surface area contributed by atoms with Gasteiger partial charge in [-0.1, -0.05) is 36.2 Å². The number of aryl methyl sites for hydroxylation is 3. The molecule has 1 aliphatic carbocycles. The molecule has 0 unspecified atom stereocenters. The zero-order chi connectivity index (χ0) is 21.7. The second kappa shape index (κ2) is 7.33. The van der Waals surface area contributed by atoms with E-state index < -0.39 is 0 Å². The third kappa shape index (κ3) is 3.03. The Balaban J connectivity index is 1.86. The van der Waals surface area contributed by atoms with Crippen molar-refractivity contribution >= 4 is 39.1 Å². The van der Waals surface area contributed by atoms with Crippen molar-refractivity contribution in [2.45, 2.75) is 39.0 Å². The molecule has 1 aromatic carbocycles. The van der Waals surface area contributed by atoms with Crippen LogP contribution < -0.4 is 10.9 Å². The quantitative estimate of drug-likeness (QED) is 0.389. The van der Waals surface area contributed by atoms with Crippen molar-refractivity contribution in [1.82, 2.24) is 9.38 Å². The van der Waals surface area contributed by atoms with Gasteiger partial charge in [0.05, 0.1) is 10.7 Å². The van der Waals surface area contributed by atoms with Crippen molar-refractivity contribution in [2.75, 3.05) is 0 Å². The van der Waals surface area contributed by atoms with E-state index in [4.69, 9.17) is 0 Å². The molecule has 0 saturated carbocycles. The Labute approximate surface area is 181 Å². The molecule has 1 N–H and O–H groups in total. The third-order valence-corrected chi connectivity index (χ3v) is 7.18. The highest BCUT2D eigenvalue weighted by Crippen LogP contribution is 2.34. The number of thiophene rings is 1. The lowest BCUT2D eigenvalue weighted by Gasteiger charge is -2.00. The predicted octanol–water partition coefficient (Wildman–Crippen LogP) is 3.45. The number of hydrogen-bond donors (Lipinski definition) is 1. The molecule has 7 heteroatoms. The molecular weight excluding hydrogens is 410 g/mol. The van der Waals surface area contributed by atoms with E-state index in [9.17, 15) is 20.0 Å². The standard InChI is InChI=1S/C24H19N3O3S/c1-13-7-9-14(10-8-13)18(28)11-17-21(29)16(12-25)22-26-23(30)20-15-5-3-2-4-6-19(15)31-24(20)27(17)22/h7-11,29H,2-6H2,1H3/b17-11+. The van der Waals surface area contributed by atoms with Gasteiger partial charge in [-0.2, -0.15) is 10.2 Å². The fraction of sp³-hybridized carbons (Fsp3) is 0.250. The molecule has 0 radical (unpaired) electrons. The van der Waals surface area contributed by atoms with Gasteiger partial charge < -0.3 is 5.11 Å². The molecule has 0 fully saturated rings. The number of nitrogens with zero attached hydrogens (tertiary/aromatic N) is 3. The summed E-state index contributed by atoms with van der Waals surface area (Å²) in [5.74, 6) is -0.623. The SMILES string of the molecule is Cc1ccc(C(=O)/C=c2\c(O)c(C#N)c3nc(=O)c4c5c(sc4n23)CCCCC5)cc1. The first-order chi connectivity index (χ1) is 15.0. The predicted molar refractivity (Wildman–Crippen MR) is 120 cm³/mol. The Bertz CT molecular complexity index is 1520. The molecule has 5 rings (SSSR count). The smallest absolute Gasteiger partial charge is 0.282 e. The van der Waals surface area contributed by atoms with Gasteiger partial charge in [-0.3, -0.25) is 14.0 Å². The van der Waals surface area contributed by atoms with Crippen LogP contribution in [-0.4, -0.2) is 20.3 Å². The van der Waals surface area contributed by atoms with Crippen LogP contribution in [0.2, 0.25) is 0 Å². The van der Waals surface area contributed by atoms with Crippen LogP contribution in [0.25, 0.3) is 21.9 Å². The van der Waals surface area contributed by atoms with E-state index in [1.807, 2.05) is 25.1 Å². The Morgan fingerprint density at radius 1 is 1.23 bits per heavy atom. The number of hydrogen-bond acceptors (Lipinski definition) is 6. The molecule has 0 saturated heterocycles. The first kappa shape index (κ1) is 19.5. The van der Waals surface area contributed by atoms with E-state index in [1.165, 1.54) is 17.4 Å². The maximum atomic E-state index is 12.9. The van der Waals surface area contributed by atoms with E-state index >= 15 is 0 Å². The Hall–Kier alpha value is -3.50. The molecule has 4 aromatic rings. The second-order valence-corrected chi connectivity index (χ2v) is 9.00. The first-order valence-electron chi connectivity index (χ1n) is 10.2. The minimum absolute atomic E-state index is 0.0921. The molecular formula is C24H19N3O3S. The van der Waals surface area contributed by atoms with Crippen molar-refractivity contribution in [3.63, 3.8) is 0 Å². The Morgan fingerprint density at radius 3 is 2.71 bits per heavy atom. The van der Waals surface area contributed by atoms with Crippen LogP contribution in [0.15, 0.2) is 29.1 Å². The fourth-order valence-corrected chi connectivity index (χ4v) is 5.69. The molecule has 6 nitrogen and oxygen atoms in total. The van der Waals surface area contributed by atoms with E-state index in [0.717, 1.165) is 48.1 Å². The summed E-state index contributed by atoms with van der Waals surface area (Å²) in [4.78, 5) is 31.8. The summed E-state index contributed by atoms with van der Waals surface area (Å²) in [5, 5.41) is 21.1. The lowest BCUT2D eigenvalue weighted by Crippen LogP contribution is -2.17. The summed E-state index contributed by atoms with van der Waals surface area (Å²) in [6, 6.07) is 9.08. The normalized spacial score (nSPS) is 14.5. The first-order valence-corrected chi connectivity index (χ1v) is 11.1. The molecule has 0 bridgehead atoms. The van der Waals surface area contributed by atoms with Crippen molar-refractivity contribution in [3.05, 3.63) is 67.1 Å². The molecule has 154 valence electrons. The number of carbonyl (C=O) groups is 1. The summed E-state index contributed by atoms with van der Waals surface area (Å²) in [5.41, 5.74) is 2.16. The highest BCUT2D eigenvalue weighted by Gasteiger charge is 2.24. The van der Waals surface area contributed by atoms with Crippen LogP contribution in [0.3, 0.4) is 0 Å². The van der Waals surface area contributed by atoms with E-state index in [-0.39, 0.29) is 33.7 Å². The van der Waals surface area contributed by atoms with Crippen LogP contribution in [0.1, 0.15) is 51.2 Å². The van der Waals surface area contributed by atoms with Crippen molar-refractivity contribution in [2.24, 2.45) is 0 Å². The number of rotatable bonds is 2. The van der Waals surface area contributed by atoms with Crippen LogP contribution in [-0.2, 0) is 12.8 Å². The average molecular weight is 430 g/mol. The average Bonchev–Trinajstić information content (AvgIpc) is 3.13. The fourth-order valence-electron chi connectivity index (χ4n) is 4.30. The van der Waals surface area contributed by atoms with E-state index in [1.54, 1.807) is 16.5 Å². The molecule has 1 aliphatic rings. The highest BCUT2D eigenvalue weighted by atomic mass is 32.1. The highest BCUT2D eigenvalue weighted by molar-refractivity contribution is 7.18. The maximum Gasteiger partial charge on any atom is 0.282 e. The molecule has 3 heterocycles. The number of ketones is 1. The summed E-state index contributed by atoms with van der Waals surface area (Å²) in [6.07, 6.45) is 6.24. The lowest BCUT2D eigenvalue weighted by molar-refractivity contribution is 0.106. The molecule has 0 amide bonds. The number of aromatic nitrogens is 2. The zero-order valence-corrected chi connectivity index (χ0v) is 17.8. The molecule has 0 aliphatic heterocycles. The van der Waals surface area contributed by atoms with Crippen molar-refractivity contribution in [1.29, 1.82) is 5.26 Å². The number of nitriles is 1. The third-order valence-electron chi connectivity index (χ3n) is 5.90. The lowest BCUT2D eigenvalue weighted by atomic mass is 10.1. The van der Waals surface area contributed by atoms with Crippen molar-refractivity contribution in [3.8, 4) is 11.8 Å². The second-order valence-electron chi connectivity index (χ2n) is 7.92. The van der Waals surface area contributed by atoms with Gasteiger partial charge in [0.15, 0.2) is 17.2 Å². The summed E-state index contributed by atoms with van der Waals surface area (Å²) in [6.45, 7) is 1.94. The molecule has 3 aromatic heterocycles. The number of Topliss-reactive ketones (excluding diaryl/α,β-unsaturated/α-hetero) is 1. The van der Waals surface area contributed by atoms with Gasteiger partial charge >= 0.3 is 0 Å². The van der Waals surface area contributed by atoms with Crippen LogP contribution >= 0.6 is 11.3 Å². The minimum atomic E-state index is -0.382. The van der Waals surface area contributed by atoms with Gasteiger partial charge in [0.25, 0.3) is 5.56 Å². The molecule has 0 spiro atoms. The number of benzene rings is 1. The van der Waals surface area contributed by atoms with Crippen molar-refractivity contribution < 1.29 is 9.90 Å². The van der Waals surface area contributed by atoms with Gasteiger partial charge in [-0.05, 0) is 38.2 Å².